The Morgan fingerprint density at radius 2 is 2.14 bits per heavy atom. The van der Waals surface area contributed by atoms with Gasteiger partial charge < -0.3 is 19.9 Å². The molecule has 0 spiro atoms. The molecule has 0 aliphatic carbocycles. The largest absolute Gasteiger partial charge is 0.376 e. The summed E-state index contributed by atoms with van der Waals surface area (Å²) in [4.78, 5) is 17.5. The molecular formula is C14H26N6O. The Kier molecular flexibility index (Phi) is 5.55. The highest BCUT2D eigenvalue weighted by Gasteiger charge is 2.23. The first-order valence-corrected chi connectivity index (χ1v) is 7.61. The van der Waals surface area contributed by atoms with Crippen LogP contribution in [-0.4, -0.2) is 61.9 Å². The maximum absolute atomic E-state index is 5.88. The second-order valence-electron chi connectivity index (χ2n) is 5.48. The zero-order valence-corrected chi connectivity index (χ0v) is 13.5. The average molecular weight is 294 g/mol. The summed E-state index contributed by atoms with van der Waals surface area (Å²) in [5.74, 6) is 1.99. The van der Waals surface area contributed by atoms with Crippen molar-refractivity contribution in [2.75, 3.05) is 56.0 Å². The minimum Gasteiger partial charge on any atom is -0.376 e. The SMILES string of the molecule is CCCOC1CCCN(c2nc(NC)nc(N(C)C)n2)C1. The Hall–Kier alpha value is -1.63. The van der Waals surface area contributed by atoms with E-state index in [1.807, 2.05) is 26.0 Å². The first kappa shape index (κ1) is 15.8. The highest BCUT2D eigenvalue weighted by Crippen LogP contribution is 2.21. The van der Waals surface area contributed by atoms with Crippen molar-refractivity contribution >= 4 is 17.8 Å². The van der Waals surface area contributed by atoms with Gasteiger partial charge in [0.15, 0.2) is 0 Å². The van der Waals surface area contributed by atoms with Crippen molar-refractivity contribution in [3.63, 3.8) is 0 Å². The molecule has 1 aliphatic heterocycles. The van der Waals surface area contributed by atoms with E-state index in [-0.39, 0.29) is 6.10 Å². The zero-order valence-electron chi connectivity index (χ0n) is 13.5. The molecule has 21 heavy (non-hydrogen) atoms. The Morgan fingerprint density at radius 1 is 1.33 bits per heavy atom. The van der Waals surface area contributed by atoms with Gasteiger partial charge in [0.1, 0.15) is 0 Å². The molecule has 7 heteroatoms. The van der Waals surface area contributed by atoms with E-state index in [2.05, 4.69) is 32.1 Å². The molecule has 2 heterocycles. The normalized spacial score (nSPS) is 18.7. The minimum absolute atomic E-state index is 0.274. The van der Waals surface area contributed by atoms with E-state index in [0.717, 1.165) is 44.9 Å². The number of ether oxygens (including phenoxy) is 1. The summed E-state index contributed by atoms with van der Waals surface area (Å²) >= 11 is 0. The lowest BCUT2D eigenvalue weighted by molar-refractivity contribution is 0.0437. The van der Waals surface area contributed by atoms with Gasteiger partial charge in [0.25, 0.3) is 0 Å². The van der Waals surface area contributed by atoms with Gasteiger partial charge in [0.2, 0.25) is 17.8 Å². The number of aromatic nitrogens is 3. The summed E-state index contributed by atoms with van der Waals surface area (Å²) in [6, 6.07) is 0. The van der Waals surface area contributed by atoms with Crippen molar-refractivity contribution in [2.24, 2.45) is 0 Å². The van der Waals surface area contributed by atoms with E-state index in [1.54, 1.807) is 0 Å². The van der Waals surface area contributed by atoms with Crippen molar-refractivity contribution < 1.29 is 4.74 Å². The van der Waals surface area contributed by atoms with E-state index in [9.17, 15) is 0 Å². The number of nitrogens with one attached hydrogen (secondary N) is 1. The Morgan fingerprint density at radius 3 is 2.81 bits per heavy atom. The Labute approximate surface area is 126 Å². The van der Waals surface area contributed by atoms with Gasteiger partial charge in [-0.25, -0.2) is 0 Å². The number of rotatable bonds is 6. The standard InChI is InChI=1S/C14H26N6O/c1-5-9-21-11-7-6-8-20(10-11)14-17-12(15-2)16-13(18-14)19(3)4/h11H,5-10H2,1-4H3,(H,15,16,17,18). The minimum atomic E-state index is 0.274. The highest BCUT2D eigenvalue weighted by molar-refractivity contribution is 5.44. The summed E-state index contributed by atoms with van der Waals surface area (Å²) in [5, 5.41) is 3.00. The zero-order chi connectivity index (χ0) is 15.2. The first-order chi connectivity index (χ1) is 10.1. The van der Waals surface area contributed by atoms with Crippen LogP contribution in [0.1, 0.15) is 26.2 Å². The molecule has 1 fully saturated rings. The van der Waals surface area contributed by atoms with Crippen molar-refractivity contribution in [3.8, 4) is 0 Å². The van der Waals surface area contributed by atoms with Crippen LogP contribution in [0.3, 0.4) is 0 Å². The topological polar surface area (TPSA) is 66.4 Å². The molecule has 0 saturated carbocycles. The molecule has 1 aromatic rings. The van der Waals surface area contributed by atoms with Crippen LogP contribution in [0.25, 0.3) is 0 Å². The summed E-state index contributed by atoms with van der Waals surface area (Å²) in [6.07, 6.45) is 3.54. The molecule has 1 atom stereocenters. The predicted octanol–water partition coefficient (Wildman–Crippen LogP) is 1.37. The third kappa shape index (κ3) is 4.17. The van der Waals surface area contributed by atoms with E-state index in [4.69, 9.17) is 4.74 Å². The fraction of sp³-hybridized carbons (Fsp3) is 0.786. The molecule has 0 bridgehead atoms. The molecule has 0 radical (unpaired) electrons. The number of hydrogen-bond acceptors (Lipinski definition) is 7. The van der Waals surface area contributed by atoms with Crippen molar-refractivity contribution in [2.45, 2.75) is 32.3 Å². The van der Waals surface area contributed by atoms with E-state index in [0.29, 0.717) is 11.9 Å². The van der Waals surface area contributed by atoms with Crippen LogP contribution in [-0.2, 0) is 4.74 Å². The molecular weight excluding hydrogens is 268 g/mol. The number of piperidine rings is 1. The van der Waals surface area contributed by atoms with Gasteiger partial charge in [0, 0.05) is 40.8 Å². The van der Waals surface area contributed by atoms with Crippen LogP contribution in [0.4, 0.5) is 17.8 Å². The lowest BCUT2D eigenvalue weighted by Crippen LogP contribution is -2.41. The van der Waals surface area contributed by atoms with Crippen LogP contribution in [0.2, 0.25) is 0 Å². The van der Waals surface area contributed by atoms with Crippen molar-refractivity contribution in [1.82, 2.24) is 15.0 Å². The molecule has 1 aromatic heterocycles. The van der Waals surface area contributed by atoms with E-state index < -0.39 is 0 Å². The fourth-order valence-electron chi connectivity index (χ4n) is 2.35. The van der Waals surface area contributed by atoms with Crippen LogP contribution < -0.4 is 15.1 Å². The van der Waals surface area contributed by atoms with Crippen molar-refractivity contribution in [3.05, 3.63) is 0 Å². The molecule has 0 amide bonds. The van der Waals surface area contributed by atoms with Crippen molar-refractivity contribution in [1.29, 1.82) is 0 Å². The van der Waals surface area contributed by atoms with Gasteiger partial charge in [-0.1, -0.05) is 6.92 Å². The smallest absolute Gasteiger partial charge is 0.232 e. The molecule has 0 aromatic carbocycles. The predicted molar refractivity (Wildman–Crippen MR) is 85.2 cm³/mol. The van der Waals surface area contributed by atoms with Crippen LogP contribution >= 0.6 is 0 Å². The molecule has 1 N–H and O–H groups in total. The quantitative estimate of drug-likeness (QED) is 0.850. The van der Waals surface area contributed by atoms with Gasteiger partial charge in [-0.3, -0.25) is 0 Å². The summed E-state index contributed by atoms with van der Waals surface area (Å²) in [5.41, 5.74) is 0. The number of nitrogens with zero attached hydrogens (tertiary/aromatic N) is 5. The number of anilines is 3. The number of hydrogen-bond donors (Lipinski definition) is 1. The monoisotopic (exact) mass is 294 g/mol. The molecule has 1 aliphatic rings. The van der Waals surface area contributed by atoms with Gasteiger partial charge in [-0.2, -0.15) is 15.0 Å². The maximum Gasteiger partial charge on any atom is 0.232 e. The lowest BCUT2D eigenvalue weighted by Gasteiger charge is -2.33. The maximum atomic E-state index is 5.88. The van der Waals surface area contributed by atoms with Gasteiger partial charge in [0.05, 0.1) is 6.10 Å². The third-order valence-electron chi connectivity index (χ3n) is 3.45. The lowest BCUT2D eigenvalue weighted by atomic mass is 10.1. The second-order valence-corrected chi connectivity index (χ2v) is 5.48. The molecule has 1 unspecified atom stereocenters. The summed E-state index contributed by atoms with van der Waals surface area (Å²) in [6.45, 7) is 4.77. The highest BCUT2D eigenvalue weighted by atomic mass is 16.5. The van der Waals surface area contributed by atoms with E-state index >= 15 is 0 Å². The van der Waals surface area contributed by atoms with Gasteiger partial charge >= 0.3 is 0 Å². The first-order valence-electron chi connectivity index (χ1n) is 7.61. The Balaban J connectivity index is 2.14. The molecule has 7 nitrogen and oxygen atoms in total. The van der Waals surface area contributed by atoms with E-state index in [1.165, 1.54) is 0 Å². The molecule has 1 saturated heterocycles. The Bertz CT molecular complexity index is 453. The third-order valence-corrected chi connectivity index (χ3v) is 3.45. The summed E-state index contributed by atoms with van der Waals surface area (Å²) < 4.78 is 5.88. The van der Waals surface area contributed by atoms with Crippen LogP contribution in [0.5, 0.6) is 0 Å². The van der Waals surface area contributed by atoms with Crippen LogP contribution in [0, 0.1) is 0 Å². The summed E-state index contributed by atoms with van der Waals surface area (Å²) in [7, 11) is 5.69. The molecule has 118 valence electrons. The van der Waals surface area contributed by atoms with Crippen LogP contribution in [0.15, 0.2) is 0 Å². The second kappa shape index (κ2) is 7.40. The van der Waals surface area contributed by atoms with Gasteiger partial charge in [-0.05, 0) is 19.3 Å². The average Bonchev–Trinajstić information content (AvgIpc) is 2.52. The van der Waals surface area contributed by atoms with Gasteiger partial charge in [-0.15, -0.1) is 0 Å². The fourth-order valence-corrected chi connectivity index (χ4v) is 2.35. The molecule has 2 rings (SSSR count).